The topological polar surface area (TPSA) is 45.8 Å². The van der Waals surface area contributed by atoms with Crippen LogP contribution in [0.15, 0.2) is 9.27 Å². The van der Waals surface area contributed by atoms with Gasteiger partial charge in [-0.25, -0.2) is 4.98 Å². The number of H-pyrrole nitrogens is 1. The van der Waals surface area contributed by atoms with Gasteiger partial charge < -0.3 is 4.98 Å². The van der Waals surface area contributed by atoms with E-state index < -0.39 is 0 Å². The summed E-state index contributed by atoms with van der Waals surface area (Å²) in [6.45, 7) is 6.41. The van der Waals surface area contributed by atoms with Crippen LogP contribution >= 0.6 is 15.9 Å². The Balaban J connectivity index is 2.24. The average molecular weight is 327 g/mol. The van der Waals surface area contributed by atoms with Crippen LogP contribution in [0.4, 0.5) is 0 Å². The van der Waals surface area contributed by atoms with E-state index in [0.29, 0.717) is 10.4 Å². The second-order valence-corrected chi connectivity index (χ2v) is 6.72. The Kier molecular flexibility index (Phi) is 4.82. The van der Waals surface area contributed by atoms with Crippen molar-refractivity contribution in [3.63, 3.8) is 0 Å². The van der Waals surface area contributed by atoms with Gasteiger partial charge >= 0.3 is 0 Å². The fourth-order valence-electron chi connectivity index (χ4n) is 2.91. The van der Waals surface area contributed by atoms with Crippen molar-refractivity contribution in [3.8, 4) is 0 Å². The number of halogens is 1. The number of aromatic nitrogens is 2. The van der Waals surface area contributed by atoms with E-state index in [9.17, 15) is 4.79 Å². The van der Waals surface area contributed by atoms with Crippen molar-refractivity contribution in [1.29, 1.82) is 0 Å². The summed E-state index contributed by atoms with van der Waals surface area (Å²) in [6.07, 6.45) is 6.10. The van der Waals surface area contributed by atoms with Gasteiger partial charge in [0.1, 0.15) is 10.3 Å². The molecule has 0 amide bonds. The van der Waals surface area contributed by atoms with Crippen molar-refractivity contribution in [2.24, 2.45) is 5.92 Å². The first-order valence-corrected chi connectivity index (χ1v) is 8.11. The first-order chi connectivity index (χ1) is 9.02. The minimum atomic E-state index is -0.0358. The molecular formula is C15H23BrN2O. The summed E-state index contributed by atoms with van der Waals surface area (Å²) in [5.74, 6) is 2.46. The molecule has 0 spiro atoms. The highest BCUT2D eigenvalue weighted by molar-refractivity contribution is 9.10. The lowest BCUT2D eigenvalue weighted by Gasteiger charge is -2.27. The highest BCUT2D eigenvalue weighted by Gasteiger charge is 2.24. The Morgan fingerprint density at radius 3 is 2.47 bits per heavy atom. The largest absolute Gasteiger partial charge is 0.309 e. The van der Waals surface area contributed by atoms with Crippen molar-refractivity contribution in [3.05, 3.63) is 26.3 Å². The molecule has 1 aliphatic rings. The lowest BCUT2D eigenvalue weighted by atomic mass is 9.80. The van der Waals surface area contributed by atoms with Crippen LogP contribution in [0.3, 0.4) is 0 Å². The number of rotatable bonds is 3. The van der Waals surface area contributed by atoms with Crippen LogP contribution in [0.5, 0.6) is 0 Å². The highest BCUT2D eigenvalue weighted by atomic mass is 79.9. The van der Waals surface area contributed by atoms with Gasteiger partial charge in [-0.3, -0.25) is 4.79 Å². The number of hydrogen-bond donors (Lipinski definition) is 1. The Morgan fingerprint density at radius 1 is 1.32 bits per heavy atom. The second-order valence-electron chi connectivity index (χ2n) is 5.93. The van der Waals surface area contributed by atoms with Crippen molar-refractivity contribution in [2.75, 3.05) is 0 Å². The van der Waals surface area contributed by atoms with Crippen LogP contribution in [-0.4, -0.2) is 9.97 Å². The predicted molar refractivity (Wildman–Crippen MR) is 81.6 cm³/mol. The Morgan fingerprint density at radius 2 is 1.95 bits per heavy atom. The summed E-state index contributed by atoms with van der Waals surface area (Å²) in [7, 11) is 0. The molecule has 0 aromatic carbocycles. The van der Waals surface area contributed by atoms with Crippen molar-refractivity contribution in [1.82, 2.24) is 9.97 Å². The molecule has 0 radical (unpaired) electrons. The van der Waals surface area contributed by atoms with Crippen molar-refractivity contribution >= 4 is 15.9 Å². The van der Waals surface area contributed by atoms with E-state index in [-0.39, 0.29) is 11.5 Å². The van der Waals surface area contributed by atoms with Crippen LogP contribution < -0.4 is 5.56 Å². The van der Waals surface area contributed by atoms with Gasteiger partial charge in [-0.2, -0.15) is 0 Å². The molecule has 1 heterocycles. The smallest absolute Gasteiger partial charge is 0.265 e. The van der Waals surface area contributed by atoms with Gasteiger partial charge in [0.2, 0.25) is 0 Å². The zero-order valence-corrected chi connectivity index (χ0v) is 13.6. The zero-order valence-electron chi connectivity index (χ0n) is 12.0. The maximum Gasteiger partial charge on any atom is 0.265 e. The van der Waals surface area contributed by atoms with E-state index >= 15 is 0 Å². The van der Waals surface area contributed by atoms with Gasteiger partial charge in [-0.1, -0.05) is 27.2 Å². The highest BCUT2D eigenvalue weighted by Crippen LogP contribution is 2.35. The Labute approximate surface area is 123 Å². The van der Waals surface area contributed by atoms with Crippen LogP contribution in [0.25, 0.3) is 0 Å². The summed E-state index contributed by atoms with van der Waals surface area (Å²) in [4.78, 5) is 19.7. The van der Waals surface area contributed by atoms with Gasteiger partial charge in [0.25, 0.3) is 5.56 Å². The molecule has 0 atom stereocenters. The minimum absolute atomic E-state index is 0.0358. The van der Waals surface area contributed by atoms with Gasteiger partial charge in [0.15, 0.2) is 0 Å². The molecule has 19 heavy (non-hydrogen) atoms. The number of nitrogens with one attached hydrogen (secondary N) is 1. The molecule has 1 aliphatic carbocycles. The molecule has 1 aromatic rings. The Bertz CT molecular complexity index is 487. The summed E-state index contributed by atoms with van der Waals surface area (Å²) in [6, 6.07) is 0. The minimum Gasteiger partial charge on any atom is -0.309 e. The molecule has 2 rings (SSSR count). The molecule has 1 saturated carbocycles. The molecule has 0 unspecified atom stereocenters. The lowest BCUT2D eigenvalue weighted by Crippen LogP contribution is -2.21. The molecule has 1 aromatic heterocycles. The van der Waals surface area contributed by atoms with Crippen LogP contribution in [0.2, 0.25) is 0 Å². The third-order valence-electron chi connectivity index (χ3n) is 4.26. The van der Waals surface area contributed by atoms with E-state index in [4.69, 9.17) is 4.98 Å². The van der Waals surface area contributed by atoms with Crippen LogP contribution in [0.1, 0.15) is 76.2 Å². The van der Waals surface area contributed by atoms with E-state index in [1.807, 2.05) is 0 Å². The summed E-state index contributed by atoms with van der Waals surface area (Å²) in [5, 5.41) is 0. The summed E-state index contributed by atoms with van der Waals surface area (Å²) < 4.78 is 0.591. The molecule has 0 aliphatic heterocycles. The quantitative estimate of drug-likeness (QED) is 0.897. The summed E-state index contributed by atoms with van der Waals surface area (Å²) in [5.41, 5.74) is 0.850. The van der Waals surface area contributed by atoms with E-state index in [1.165, 1.54) is 19.3 Å². The monoisotopic (exact) mass is 326 g/mol. The van der Waals surface area contributed by atoms with E-state index in [0.717, 1.165) is 30.3 Å². The van der Waals surface area contributed by atoms with Crippen LogP contribution in [0, 0.1) is 5.92 Å². The standard InChI is InChI=1S/C15H23BrN2O/c1-4-10-5-7-11(8-6-10)14-17-13(9(2)3)12(16)15(19)18-14/h9-11H,4-8H2,1-3H3,(H,17,18,19). The van der Waals surface area contributed by atoms with Gasteiger partial charge in [0.05, 0.1) is 5.69 Å². The van der Waals surface area contributed by atoms with Gasteiger partial charge in [-0.05, 0) is 53.4 Å². The second kappa shape index (κ2) is 6.21. The maximum atomic E-state index is 12.0. The zero-order chi connectivity index (χ0) is 14.0. The predicted octanol–water partition coefficient (Wildman–Crippen LogP) is 4.34. The van der Waals surface area contributed by atoms with Gasteiger partial charge in [-0.15, -0.1) is 0 Å². The number of aromatic amines is 1. The number of nitrogens with zero attached hydrogens (tertiary/aromatic N) is 1. The molecular weight excluding hydrogens is 304 g/mol. The SMILES string of the molecule is CCC1CCC(c2nc(C(C)C)c(Br)c(=O)[nH]2)CC1. The molecule has 0 bridgehead atoms. The molecule has 106 valence electrons. The molecule has 3 nitrogen and oxygen atoms in total. The fourth-order valence-corrected chi connectivity index (χ4v) is 3.56. The third kappa shape index (κ3) is 3.28. The van der Waals surface area contributed by atoms with Crippen molar-refractivity contribution < 1.29 is 0 Å². The molecule has 1 fully saturated rings. The molecule has 0 saturated heterocycles. The first-order valence-electron chi connectivity index (χ1n) is 7.32. The molecule has 4 heteroatoms. The fraction of sp³-hybridized carbons (Fsp3) is 0.733. The van der Waals surface area contributed by atoms with Gasteiger partial charge in [0, 0.05) is 5.92 Å². The van der Waals surface area contributed by atoms with E-state index in [2.05, 4.69) is 41.7 Å². The normalized spacial score (nSPS) is 23.8. The van der Waals surface area contributed by atoms with Crippen LogP contribution in [-0.2, 0) is 0 Å². The van der Waals surface area contributed by atoms with E-state index in [1.54, 1.807) is 0 Å². The summed E-state index contributed by atoms with van der Waals surface area (Å²) >= 11 is 3.35. The van der Waals surface area contributed by atoms with Crippen molar-refractivity contribution in [2.45, 2.75) is 64.7 Å². The number of hydrogen-bond acceptors (Lipinski definition) is 2. The average Bonchev–Trinajstić information content (AvgIpc) is 2.41. The molecule has 1 N–H and O–H groups in total. The maximum absolute atomic E-state index is 12.0. The Hall–Kier alpha value is -0.640. The first kappa shape index (κ1) is 14.8. The third-order valence-corrected chi connectivity index (χ3v) is 5.03. The lowest BCUT2D eigenvalue weighted by molar-refractivity contribution is 0.311.